The molecule has 134 valence electrons. The summed E-state index contributed by atoms with van der Waals surface area (Å²) in [5.74, 6) is 0.431. The fourth-order valence-corrected chi connectivity index (χ4v) is 3.43. The molecule has 26 heavy (non-hydrogen) atoms. The highest BCUT2D eigenvalue weighted by molar-refractivity contribution is 7.99. The Bertz CT molecular complexity index is 906. The molecule has 0 aliphatic rings. The fraction of sp³-hybridized carbons (Fsp3) is 0.200. The van der Waals surface area contributed by atoms with E-state index < -0.39 is 5.97 Å². The lowest BCUT2D eigenvalue weighted by atomic mass is 10.2. The number of anilines is 1. The van der Waals surface area contributed by atoms with Crippen molar-refractivity contribution in [3.63, 3.8) is 0 Å². The van der Waals surface area contributed by atoms with Gasteiger partial charge in [-0.25, -0.2) is 4.79 Å². The first-order valence-electron chi connectivity index (χ1n) is 8.38. The summed E-state index contributed by atoms with van der Waals surface area (Å²) in [6, 6.07) is 17.4. The zero-order valence-corrected chi connectivity index (χ0v) is 15.3. The molecule has 0 aliphatic carbocycles. The number of rotatable bonds is 7. The van der Waals surface area contributed by atoms with Crippen LogP contribution < -0.4 is 5.32 Å². The van der Waals surface area contributed by atoms with E-state index in [-0.39, 0.29) is 18.2 Å². The van der Waals surface area contributed by atoms with Crippen molar-refractivity contribution in [2.45, 2.75) is 12.7 Å². The number of fused-ring (bicyclic) bond motifs is 1. The minimum atomic E-state index is -0.476. The third kappa shape index (κ3) is 4.26. The molecule has 0 radical (unpaired) electrons. The van der Waals surface area contributed by atoms with Crippen LogP contribution in [0.4, 0.5) is 5.69 Å². The summed E-state index contributed by atoms with van der Waals surface area (Å²) in [5, 5.41) is 3.66. The summed E-state index contributed by atoms with van der Waals surface area (Å²) in [4.78, 5) is 27.6. The van der Waals surface area contributed by atoms with Crippen LogP contribution in [-0.2, 0) is 15.3 Å². The van der Waals surface area contributed by atoms with Crippen molar-refractivity contribution < 1.29 is 14.3 Å². The number of aromatic amines is 1. The number of H-pyrrole nitrogens is 1. The van der Waals surface area contributed by atoms with Crippen molar-refractivity contribution in [2.24, 2.45) is 0 Å². The second-order valence-corrected chi connectivity index (χ2v) is 6.65. The van der Waals surface area contributed by atoms with Crippen molar-refractivity contribution >= 4 is 40.2 Å². The van der Waals surface area contributed by atoms with E-state index >= 15 is 0 Å². The number of nitrogens with one attached hydrogen (secondary N) is 2. The Morgan fingerprint density at radius 3 is 2.58 bits per heavy atom. The number of esters is 1. The first kappa shape index (κ1) is 18.1. The van der Waals surface area contributed by atoms with Gasteiger partial charge in [0.15, 0.2) is 0 Å². The van der Waals surface area contributed by atoms with Crippen molar-refractivity contribution in [3.8, 4) is 0 Å². The second kappa shape index (κ2) is 8.58. The van der Waals surface area contributed by atoms with Crippen LogP contribution in [0.5, 0.6) is 0 Å². The van der Waals surface area contributed by atoms with E-state index in [2.05, 4.69) is 10.3 Å². The van der Waals surface area contributed by atoms with Crippen LogP contribution >= 0.6 is 11.8 Å². The summed E-state index contributed by atoms with van der Waals surface area (Å²) in [5.41, 5.74) is 2.70. The number of hydrogen-bond acceptors (Lipinski definition) is 4. The van der Waals surface area contributed by atoms with E-state index in [1.165, 1.54) is 17.3 Å². The first-order chi connectivity index (χ1) is 12.7. The third-order valence-electron chi connectivity index (χ3n) is 3.79. The number of amides is 1. The highest BCUT2D eigenvalue weighted by Gasteiger charge is 2.20. The van der Waals surface area contributed by atoms with Gasteiger partial charge in [0.1, 0.15) is 5.69 Å². The number of para-hydroxylation sites is 1. The number of thioether (sulfide) groups is 1. The first-order valence-corrected chi connectivity index (χ1v) is 9.54. The molecule has 3 aromatic rings. The zero-order valence-electron chi connectivity index (χ0n) is 14.5. The van der Waals surface area contributed by atoms with Crippen molar-refractivity contribution in [1.82, 2.24) is 4.98 Å². The van der Waals surface area contributed by atoms with E-state index in [0.717, 1.165) is 16.7 Å². The van der Waals surface area contributed by atoms with Gasteiger partial charge in [-0.1, -0.05) is 48.5 Å². The quantitative estimate of drug-likeness (QED) is 0.613. The van der Waals surface area contributed by atoms with Gasteiger partial charge >= 0.3 is 5.97 Å². The van der Waals surface area contributed by atoms with E-state index in [1.807, 2.05) is 54.6 Å². The molecular weight excluding hydrogens is 348 g/mol. The average Bonchev–Trinajstić information content (AvgIpc) is 3.01. The van der Waals surface area contributed by atoms with Gasteiger partial charge in [0.25, 0.3) is 0 Å². The van der Waals surface area contributed by atoms with Crippen LogP contribution in [0, 0.1) is 0 Å². The number of ether oxygens (including phenoxy) is 1. The highest BCUT2D eigenvalue weighted by atomic mass is 32.2. The number of carbonyl (C=O) groups excluding carboxylic acids is 2. The number of hydrogen-bond donors (Lipinski definition) is 2. The molecule has 2 aromatic carbocycles. The lowest BCUT2D eigenvalue weighted by molar-refractivity contribution is -0.113. The molecule has 1 amide bonds. The Labute approximate surface area is 156 Å². The van der Waals surface area contributed by atoms with E-state index in [0.29, 0.717) is 11.4 Å². The Kier molecular flexibility index (Phi) is 5.96. The summed E-state index contributed by atoms with van der Waals surface area (Å²) in [6.07, 6.45) is 0. The highest BCUT2D eigenvalue weighted by Crippen LogP contribution is 2.28. The Morgan fingerprint density at radius 2 is 1.81 bits per heavy atom. The van der Waals surface area contributed by atoms with Gasteiger partial charge in [0.05, 0.1) is 18.0 Å². The molecule has 1 heterocycles. The number of carbonyl (C=O) groups is 2. The predicted octanol–water partition coefficient (Wildman–Crippen LogP) is 4.22. The van der Waals surface area contributed by atoms with Gasteiger partial charge in [0.2, 0.25) is 5.91 Å². The van der Waals surface area contributed by atoms with Gasteiger partial charge in [0, 0.05) is 16.7 Å². The molecule has 0 saturated carbocycles. The minimum absolute atomic E-state index is 0.152. The topological polar surface area (TPSA) is 71.2 Å². The Balaban J connectivity index is 1.71. The smallest absolute Gasteiger partial charge is 0.356 e. The minimum Gasteiger partial charge on any atom is -0.461 e. The molecule has 0 saturated heterocycles. The van der Waals surface area contributed by atoms with Crippen LogP contribution in [0.25, 0.3) is 10.9 Å². The molecule has 0 aliphatic heterocycles. The van der Waals surface area contributed by atoms with Gasteiger partial charge in [-0.15, -0.1) is 11.8 Å². The Morgan fingerprint density at radius 1 is 1.08 bits per heavy atom. The molecular formula is C20H20N2O3S. The van der Waals surface area contributed by atoms with E-state index in [1.54, 1.807) is 6.92 Å². The second-order valence-electron chi connectivity index (χ2n) is 5.67. The third-order valence-corrected chi connectivity index (χ3v) is 4.80. The maximum Gasteiger partial charge on any atom is 0.356 e. The molecule has 2 N–H and O–H groups in total. The number of benzene rings is 2. The van der Waals surface area contributed by atoms with Crippen LogP contribution in [-0.4, -0.2) is 29.2 Å². The van der Waals surface area contributed by atoms with Gasteiger partial charge in [-0.3, -0.25) is 4.79 Å². The monoisotopic (exact) mass is 368 g/mol. The fourth-order valence-electron chi connectivity index (χ4n) is 2.64. The number of aromatic nitrogens is 1. The summed E-state index contributed by atoms with van der Waals surface area (Å²) >= 11 is 1.53. The van der Waals surface area contributed by atoms with Crippen LogP contribution in [0.2, 0.25) is 0 Å². The van der Waals surface area contributed by atoms with Crippen LogP contribution in [0.15, 0.2) is 54.6 Å². The summed E-state index contributed by atoms with van der Waals surface area (Å²) < 4.78 is 5.09. The molecule has 5 nitrogen and oxygen atoms in total. The van der Waals surface area contributed by atoms with Gasteiger partial charge < -0.3 is 15.0 Å². The zero-order chi connectivity index (χ0) is 18.4. The molecule has 0 atom stereocenters. The predicted molar refractivity (Wildman–Crippen MR) is 105 cm³/mol. The lowest BCUT2D eigenvalue weighted by Gasteiger charge is -2.07. The Hall–Kier alpha value is -2.73. The van der Waals surface area contributed by atoms with Gasteiger partial charge in [-0.05, 0) is 18.6 Å². The van der Waals surface area contributed by atoms with Crippen LogP contribution in [0.3, 0.4) is 0 Å². The van der Waals surface area contributed by atoms with Crippen molar-refractivity contribution in [1.29, 1.82) is 0 Å². The summed E-state index contributed by atoms with van der Waals surface area (Å²) in [7, 11) is 0. The van der Waals surface area contributed by atoms with Gasteiger partial charge in [-0.2, -0.15) is 0 Å². The standard InChI is InChI=1S/C20H20N2O3S/c1-2-25-20(24)19-18(15-10-6-7-11-16(15)21-19)22-17(23)13-26-12-14-8-4-3-5-9-14/h3-11,21H,2,12-13H2,1H3,(H,22,23). The maximum absolute atomic E-state index is 12.4. The normalized spacial score (nSPS) is 10.7. The maximum atomic E-state index is 12.4. The molecule has 1 aromatic heterocycles. The SMILES string of the molecule is CCOC(=O)c1[nH]c2ccccc2c1NC(=O)CSCc1ccccc1. The largest absolute Gasteiger partial charge is 0.461 e. The lowest BCUT2D eigenvalue weighted by Crippen LogP contribution is -2.17. The average molecular weight is 368 g/mol. The summed E-state index contributed by atoms with van der Waals surface area (Å²) in [6.45, 7) is 2.02. The molecule has 0 fully saturated rings. The van der Waals surface area contributed by atoms with Crippen molar-refractivity contribution in [2.75, 3.05) is 17.7 Å². The van der Waals surface area contributed by atoms with E-state index in [9.17, 15) is 9.59 Å². The molecule has 3 rings (SSSR count). The molecule has 6 heteroatoms. The van der Waals surface area contributed by atoms with E-state index in [4.69, 9.17) is 4.74 Å². The molecule has 0 unspecified atom stereocenters. The molecule has 0 spiro atoms. The van der Waals surface area contributed by atoms with Crippen LogP contribution in [0.1, 0.15) is 23.0 Å². The van der Waals surface area contributed by atoms with Crippen molar-refractivity contribution in [3.05, 3.63) is 65.9 Å². The molecule has 0 bridgehead atoms.